The Labute approximate surface area is 269 Å². The Morgan fingerprint density at radius 2 is 1.45 bits per heavy atom. The lowest BCUT2D eigenvalue weighted by atomic mass is 9.71. The van der Waals surface area contributed by atoms with E-state index in [1.165, 1.54) is 24.0 Å². The predicted molar refractivity (Wildman–Crippen MR) is 185 cm³/mol. The van der Waals surface area contributed by atoms with E-state index in [1.54, 1.807) is 0 Å². The highest BCUT2D eigenvalue weighted by Crippen LogP contribution is 2.44. The van der Waals surface area contributed by atoms with Crippen molar-refractivity contribution in [2.45, 2.75) is 77.9 Å². The molecule has 1 aliphatic rings. The lowest BCUT2D eigenvalue weighted by molar-refractivity contribution is 0.0840. The maximum absolute atomic E-state index is 6.85. The number of aromatic nitrogens is 1. The van der Waals surface area contributed by atoms with E-state index < -0.39 is 0 Å². The van der Waals surface area contributed by atoms with Gasteiger partial charge in [0.05, 0.1) is 6.04 Å². The normalized spacial score (nSPS) is 17.9. The number of hydrogen-bond donors (Lipinski definition) is 1. The van der Waals surface area contributed by atoms with Gasteiger partial charge in [0.2, 0.25) is 11.8 Å². The van der Waals surface area contributed by atoms with Crippen LogP contribution in [0.2, 0.25) is 5.02 Å². The quantitative estimate of drug-likeness (QED) is 0.163. The first kappa shape index (κ1) is 32.1. The minimum atomic E-state index is -0.0113. The Hall–Kier alpha value is -3.28. The third kappa shape index (κ3) is 7.86. The molecular weight excluding hydrogens is 564 g/mol. The van der Waals surface area contributed by atoms with Gasteiger partial charge in [0.15, 0.2) is 0 Å². The second-order valence-corrected chi connectivity index (χ2v) is 13.4. The number of anilines is 2. The zero-order valence-corrected chi connectivity index (χ0v) is 27.9. The summed E-state index contributed by atoms with van der Waals surface area (Å²) in [4.78, 5) is 10.1. The highest BCUT2D eigenvalue weighted by atomic mass is 35.5. The van der Waals surface area contributed by atoms with Crippen molar-refractivity contribution in [1.29, 1.82) is 0 Å². The topological polar surface area (TPSA) is 44.5 Å². The van der Waals surface area contributed by atoms with Gasteiger partial charge in [0.1, 0.15) is 5.69 Å². The van der Waals surface area contributed by atoms with Crippen LogP contribution in [0.25, 0.3) is 0 Å². The molecule has 1 heterocycles. The average molecular weight is 613 g/mol. The minimum absolute atomic E-state index is 0.0113. The van der Waals surface area contributed by atoms with Crippen molar-refractivity contribution in [3.8, 4) is 0 Å². The lowest BCUT2D eigenvalue weighted by Gasteiger charge is -2.43. The molecule has 0 aliphatic heterocycles. The first-order valence-electron chi connectivity index (χ1n) is 16.3. The van der Waals surface area contributed by atoms with Crippen molar-refractivity contribution in [2.24, 2.45) is 11.8 Å². The summed E-state index contributed by atoms with van der Waals surface area (Å²) in [6.45, 7) is 11.9. The smallest absolute Gasteiger partial charge is 0.220 e. The molecule has 1 atom stereocenters. The van der Waals surface area contributed by atoms with Gasteiger partial charge < -0.3 is 14.6 Å². The average Bonchev–Trinajstić information content (AvgIpc) is 3.45. The van der Waals surface area contributed by atoms with E-state index in [0.717, 1.165) is 67.1 Å². The van der Waals surface area contributed by atoms with E-state index in [0.29, 0.717) is 11.8 Å². The molecule has 1 aromatic heterocycles. The SMILES string of the molecule is CCN(CC)C(c1nc(Cc2ccccc2)c(N(C)Cc2ccccc2)o1)C1CCC(C(C)(C)Nc2ccc(Cl)cc2)CC1. The van der Waals surface area contributed by atoms with Crippen LogP contribution in [0.3, 0.4) is 0 Å². The fourth-order valence-corrected chi connectivity index (χ4v) is 7.18. The fraction of sp³-hybridized carbons (Fsp3) is 0.447. The lowest BCUT2D eigenvalue weighted by Crippen LogP contribution is -2.43. The van der Waals surface area contributed by atoms with E-state index >= 15 is 0 Å². The standard InChI is InChI=1S/C38H49ClN4O/c1-6-43(7-2)35(30-18-20-31(21-19-30)38(3,4)41-33-24-22-32(39)23-25-33)36-40-34(26-28-14-10-8-11-15-28)37(44-36)42(5)27-29-16-12-9-13-17-29/h8-17,22-25,30-31,35,41H,6-7,18-21,26-27H2,1-5H3. The number of nitrogens with zero attached hydrogens (tertiary/aromatic N) is 3. The molecule has 0 radical (unpaired) electrons. The summed E-state index contributed by atoms with van der Waals surface area (Å²) in [5.41, 5.74) is 4.64. The van der Waals surface area contributed by atoms with Gasteiger partial charge in [-0.2, -0.15) is 0 Å². The first-order valence-corrected chi connectivity index (χ1v) is 16.7. The monoisotopic (exact) mass is 612 g/mol. The van der Waals surface area contributed by atoms with E-state index in [2.05, 4.69) is 123 Å². The van der Waals surface area contributed by atoms with Gasteiger partial charge in [-0.1, -0.05) is 86.1 Å². The number of benzene rings is 3. The predicted octanol–water partition coefficient (Wildman–Crippen LogP) is 9.64. The van der Waals surface area contributed by atoms with Crippen LogP contribution in [0.4, 0.5) is 11.6 Å². The molecule has 3 aromatic carbocycles. The molecule has 6 heteroatoms. The van der Waals surface area contributed by atoms with Crippen molar-refractivity contribution < 1.29 is 4.42 Å². The number of halogens is 1. The van der Waals surface area contributed by atoms with Crippen LogP contribution in [-0.2, 0) is 13.0 Å². The van der Waals surface area contributed by atoms with Crippen LogP contribution >= 0.6 is 11.6 Å². The number of hydrogen-bond acceptors (Lipinski definition) is 5. The number of nitrogens with one attached hydrogen (secondary N) is 1. The van der Waals surface area contributed by atoms with Crippen LogP contribution < -0.4 is 10.2 Å². The second-order valence-electron chi connectivity index (χ2n) is 12.9. The van der Waals surface area contributed by atoms with Crippen molar-refractivity contribution in [1.82, 2.24) is 9.88 Å². The van der Waals surface area contributed by atoms with Crippen molar-refractivity contribution in [3.05, 3.63) is 113 Å². The molecule has 234 valence electrons. The van der Waals surface area contributed by atoms with Gasteiger partial charge in [0, 0.05) is 36.3 Å². The Kier molecular flexibility index (Phi) is 10.7. The minimum Gasteiger partial charge on any atom is -0.423 e. The van der Waals surface area contributed by atoms with Gasteiger partial charge in [-0.3, -0.25) is 4.90 Å². The van der Waals surface area contributed by atoms with E-state index in [1.807, 2.05) is 12.1 Å². The fourth-order valence-electron chi connectivity index (χ4n) is 7.06. The Bertz CT molecular complexity index is 1420. The van der Waals surface area contributed by atoms with Gasteiger partial charge in [-0.15, -0.1) is 0 Å². The molecule has 5 nitrogen and oxygen atoms in total. The molecule has 0 saturated heterocycles. The number of oxazole rings is 1. The van der Waals surface area contributed by atoms with Gasteiger partial charge in [-0.05, 0) is 99.8 Å². The summed E-state index contributed by atoms with van der Waals surface area (Å²) < 4.78 is 6.85. The maximum Gasteiger partial charge on any atom is 0.220 e. The first-order chi connectivity index (χ1) is 21.3. The van der Waals surface area contributed by atoms with E-state index in [-0.39, 0.29) is 11.6 Å². The molecule has 1 fully saturated rings. The molecule has 1 unspecified atom stereocenters. The maximum atomic E-state index is 6.85. The van der Waals surface area contributed by atoms with E-state index in [9.17, 15) is 0 Å². The summed E-state index contributed by atoms with van der Waals surface area (Å²) in [7, 11) is 2.12. The molecule has 0 amide bonds. The van der Waals surface area contributed by atoms with Gasteiger partial charge in [0.25, 0.3) is 0 Å². The Morgan fingerprint density at radius 1 is 0.864 bits per heavy atom. The third-order valence-electron chi connectivity index (χ3n) is 9.53. The molecule has 1 N–H and O–H groups in total. The number of rotatable bonds is 13. The Balaban J connectivity index is 1.39. The van der Waals surface area contributed by atoms with Crippen LogP contribution in [-0.4, -0.2) is 35.6 Å². The Morgan fingerprint density at radius 3 is 2.05 bits per heavy atom. The molecule has 1 aliphatic carbocycles. The van der Waals surface area contributed by atoms with Crippen LogP contribution in [0, 0.1) is 11.8 Å². The molecule has 1 saturated carbocycles. The molecule has 5 rings (SSSR count). The molecule has 4 aromatic rings. The zero-order valence-electron chi connectivity index (χ0n) is 27.1. The summed E-state index contributed by atoms with van der Waals surface area (Å²) in [5.74, 6) is 2.83. The molecule has 44 heavy (non-hydrogen) atoms. The highest BCUT2D eigenvalue weighted by molar-refractivity contribution is 6.30. The summed E-state index contributed by atoms with van der Waals surface area (Å²) in [6, 6.07) is 29.5. The van der Waals surface area contributed by atoms with Crippen molar-refractivity contribution >= 4 is 23.2 Å². The largest absolute Gasteiger partial charge is 0.423 e. The summed E-state index contributed by atoms with van der Waals surface area (Å²) in [6.07, 6.45) is 5.41. The second kappa shape index (κ2) is 14.7. The molecular formula is C38H49ClN4O. The van der Waals surface area contributed by atoms with Crippen LogP contribution in [0.1, 0.15) is 82.1 Å². The summed E-state index contributed by atoms with van der Waals surface area (Å²) in [5, 5.41) is 4.56. The van der Waals surface area contributed by atoms with Crippen LogP contribution in [0.15, 0.2) is 89.3 Å². The highest BCUT2D eigenvalue weighted by Gasteiger charge is 2.39. The zero-order chi connectivity index (χ0) is 31.1. The van der Waals surface area contributed by atoms with Gasteiger partial charge in [-0.25, -0.2) is 4.98 Å². The molecule has 0 spiro atoms. The van der Waals surface area contributed by atoms with Crippen molar-refractivity contribution in [2.75, 3.05) is 30.4 Å². The molecule has 0 bridgehead atoms. The van der Waals surface area contributed by atoms with E-state index in [4.69, 9.17) is 21.0 Å². The summed E-state index contributed by atoms with van der Waals surface area (Å²) >= 11 is 6.14. The van der Waals surface area contributed by atoms with Crippen molar-refractivity contribution in [3.63, 3.8) is 0 Å². The van der Waals surface area contributed by atoms with Gasteiger partial charge >= 0.3 is 0 Å². The van der Waals surface area contributed by atoms with Crippen LogP contribution in [0.5, 0.6) is 0 Å². The third-order valence-corrected chi connectivity index (χ3v) is 9.78.